The number of sulfone groups is 1. The molecule has 2 fully saturated rings. The summed E-state index contributed by atoms with van der Waals surface area (Å²) in [6.07, 6.45) is 1.54. The van der Waals surface area contributed by atoms with Crippen LogP contribution in [-0.2, 0) is 9.84 Å². The molecule has 0 saturated carbocycles. The number of nitrogens with zero attached hydrogens (tertiary/aromatic N) is 4. The largest absolute Gasteiger partial charge is 0.329 e. The van der Waals surface area contributed by atoms with Gasteiger partial charge in [-0.3, -0.25) is 9.78 Å². The van der Waals surface area contributed by atoms with Crippen LogP contribution < -0.4 is 0 Å². The molecule has 9 heteroatoms. The molecule has 3 rings (SSSR count). The second-order valence-electron chi connectivity index (χ2n) is 6.57. The van der Waals surface area contributed by atoms with E-state index in [-0.39, 0.29) is 23.4 Å². The highest BCUT2D eigenvalue weighted by Gasteiger charge is 2.50. The first kappa shape index (κ1) is 18.6. The minimum absolute atomic E-state index is 0.101. The van der Waals surface area contributed by atoms with Gasteiger partial charge < -0.3 is 14.7 Å². The normalized spacial score (nSPS) is 24.2. The van der Waals surface area contributed by atoms with Crippen LogP contribution in [0.4, 0.5) is 4.79 Å². The Morgan fingerprint density at radius 3 is 2.31 bits per heavy atom. The van der Waals surface area contributed by atoms with Crippen molar-refractivity contribution in [2.45, 2.75) is 25.9 Å². The molecule has 3 amide bonds. The van der Waals surface area contributed by atoms with E-state index in [1.165, 1.54) is 6.20 Å². The maximum absolute atomic E-state index is 12.8. The Bertz CT molecular complexity index is 779. The highest BCUT2D eigenvalue weighted by atomic mass is 32.2. The van der Waals surface area contributed by atoms with Crippen LogP contribution in [0.1, 0.15) is 24.3 Å². The Morgan fingerprint density at radius 2 is 1.73 bits per heavy atom. The third-order valence-electron chi connectivity index (χ3n) is 5.10. The Labute approximate surface area is 153 Å². The van der Waals surface area contributed by atoms with Crippen molar-refractivity contribution in [3.8, 4) is 0 Å². The molecule has 0 spiro atoms. The standard InChI is InChI=1S/C17H24N4O4S/c1-3-19(4-2)17(23)21-10-9-20(14-11-26(24,25)12-15(14)21)16(22)13-7-5-6-8-18-13/h5-8,14-15H,3-4,9-12H2,1-2H3/t14-,15+/m1/s1. The van der Waals surface area contributed by atoms with Gasteiger partial charge in [0, 0.05) is 32.4 Å². The first-order valence-electron chi connectivity index (χ1n) is 8.86. The molecule has 2 atom stereocenters. The number of hydrogen-bond donors (Lipinski definition) is 0. The summed E-state index contributed by atoms with van der Waals surface area (Å²) in [7, 11) is -3.31. The molecule has 0 N–H and O–H groups in total. The van der Waals surface area contributed by atoms with Crippen LogP contribution in [0, 0.1) is 0 Å². The van der Waals surface area contributed by atoms with E-state index in [1.807, 2.05) is 13.8 Å². The van der Waals surface area contributed by atoms with Crippen LogP contribution in [0.25, 0.3) is 0 Å². The van der Waals surface area contributed by atoms with Crippen LogP contribution in [-0.4, -0.2) is 89.8 Å². The van der Waals surface area contributed by atoms with Crippen molar-refractivity contribution in [1.29, 1.82) is 0 Å². The summed E-state index contributed by atoms with van der Waals surface area (Å²) in [5.74, 6) is -0.498. The van der Waals surface area contributed by atoms with E-state index in [0.717, 1.165) is 0 Å². The van der Waals surface area contributed by atoms with Gasteiger partial charge in [0.2, 0.25) is 0 Å². The lowest BCUT2D eigenvalue weighted by Crippen LogP contribution is -2.63. The number of aromatic nitrogens is 1. The first-order chi connectivity index (χ1) is 12.4. The fraction of sp³-hybridized carbons (Fsp3) is 0.588. The van der Waals surface area contributed by atoms with Crippen LogP contribution in [0.15, 0.2) is 24.4 Å². The minimum atomic E-state index is -3.31. The van der Waals surface area contributed by atoms with Gasteiger partial charge in [0.05, 0.1) is 23.6 Å². The van der Waals surface area contributed by atoms with Gasteiger partial charge >= 0.3 is 6.03 Å². The van der Waals surface area contributed by atoms with Gasteiger partial charge in [0.25, 0.3) is 5.91 Å². The number of urea groups is 1. The average Bonchev–Trinajstić information content (AvgIpc) is 2.96. The van der Waals surface area contributed by atoms with E-state index >= 15 is 0 Å². The summed E-state index contributed by atoms with van der Waals surface area (Å²) in [6.45, 7) is 5.54. The van der Waals surface area contributed by atoms with E-state index in [9.17, 15) is 18.0 Å². The SMILES string of the molecule is CCN(CC)C(=O)N1CCN(C(=O)c2ccccn2)[C@@H]2CS(=O)(=O)C[C@@H]21. The highest BCUT2D eigenvalue weighted by molar-refractivity contribution is 7.91. The number of amides is 3. The van der Waals surface area contributed by atoms with Gasteiger partial charge in [-0.15, -0.1) is 0 Å². The van der Waals surface area contributed by atoms with Gasteiger partial charge in [-0.25, -0.2) is 13.2 Å². The molecule has 2 aliphatic rings. The van der Waals surface area contributed by atoms with Crippen LogP contribution in [0.5, 0.6) is 0 Å². The summed E-state index contributed by atoms with van der Waals surface area (Å²) < 4.78 is 24.5. The van der Waals surface area contributed by atoms with E-state index in [4.69, 9.17) is 0 Å². The molecule has 2 saturated heterocycles. The van der Waals surface area contributed by atoms with Crippen molar-refractivity contribution in [3.05, 3.63) is 30.1 Å². The van der Waals surface area contributed by atoms with Gasteiger partial charge in [-0.1, -0.05) is 6.07 Å². The molecule has 142 valence electrons. The summed E-state index contributed by atoms with van der Waals surface area (Å²) >= 11 is 0. The highest BCUT2D eigenvalue weighted by Crippen LogP contribution is 2.28. The first-order valence-corrected chi connectivity index (χ1v) is 10.7. The molecule has 8 nitrogen and oxygen atoms in total. The van der Waals surface area contributed by atoms with Crippen molar-refractivity contribution < 1.29 is 18.0 Å². The monoisotopic (exact) mass is 380 g/mol. The van der Waals surface area contributed by atoms with E-state index in [1.54, 1.807) is 32.9 Å². The lowest BCUT2D eigenvalue weighted by Gasteiger charge is -2.45. The van der Waals surface area contributed by atoms with Crippen molar-refractivity contribution in [2.24, 2.45) is 0 Å². The molecular weight excluding hydrogens is 356 g/mol. The van der Waals surface area contributed by atoms with Gasteiger partial charge in [-0.05, 0) is 26.0 Å². The Morgan fingerprint density at radius 1 is 1.12 bits per heavy atom. The lowest BCUT2D eigenvalue weighted by molar-refractivity contribution is 0.0371. The number of carbonyl (C=O) groups excluding carboxylic acids is 2. The molecular formula is C17H24N4O4S. The summed E-state index contributed by atoms with van der Waals surface area (Å²) in [5.41, 5.74) is 0.291. The number of fused-ring (bicyclic) bond motifs is 1. The molecule has 0 aliphatic carbocycles. The number of piperazine rings is 1. The lowest BCUT2D eigenvalue weighted by atomic mass is 10.0. The molecule has 3 heterocycles. The summed E-state index contributed by atoms with van der Waals surface area (Å²) in [6, 6.07) is 3.88. The van der Waals surface area contributed by atoms with Gasteiger partial charge in [-0.2, -0.15) is 0 Å². The number of pyridine rings is 1. The van der Waals surface area contributed by atoms with Crippen LogP contribution in [0.3, 0.4) is 0 Å². The predicted molar refractivity (Wildman–Crippen MR) is 96.5 cm³/mol. The zero-order chi connectivity index (χ0) is 18.9. The van der Waals surface area contributed by atoms with Crippen molar-refractivity contribution in [2.75, 3.05) is 37.7 Å². The topological polar surface area (TPSA) is 90.9 Å². The fourth-order valence-corrected chi connectivity index (χ4v) is 5.74. The molecule has 0 aromatic carbocycles. The summed E-state index contributed by atoms with van der Waals surface area (Å²) in [5, 5.41) is 0. The third-order valence-corrected chi connectivity index (χ3v) is 6.80. The Kier molecular flexibility index (Phi) is 5.17. The maximum atomic E-state index is 12.8. The zero-order valence-electron chi connectivity index (χ0n) is 15.0. The smallest absolute Gasteiger partial charge is 0.320 e. The van der Waals surface area contributed by atoms with Crippen molar-refractivity contribution in [3.63, 3.8) is 0 Å². The molecule has 2 aliphatic heterocycles. The fourth-order valence-electron chi connectivity index (χ4n) is 3.75. The zero-order valence-corrected chi connectivity index (χ0v) is 15.9. The van der Waals surface area contributed by atoms with Crippen LogP contribution >= 0.6 is 0 Å². The Balaban J connectivity index is 1.88. The van der Waals surface area contributed by atoms with Gasteiger partial charge in [0.15, 0.2) is 9.84 Å². The number of rotatable bonds is 3. The molecule has 0 unspecified atom stereocenters. The molecule has 0 radical (unpaired) electrons. The van der Waals surface area contributed by atoms with Crippen molar-refractivity contribution >= 4 is 21.8 Å². The average molecular weight is 380 g/mol. The number of hydrogen-bond acceptors (Lipinski definition) is 5. The molecule has 0 bridgehead atoms. The van der Waals surface area contributed by atoms with Crippen LogP contribution in [0.2, 0.25) is 0 Å². The van der Waals surface area contributed by atoms with E-state index in [2.05, 4.69) is 4.98 Å². The minimum Gasteiger partial charge on any atom is -0.329 e. The molecule has 1 aromatic heterocycles. The second-order valence-corrected chi connectivity index (χ2v) is 8.73. The van der Waals surface area contributed by atoms with E-state index < -0.39 is 21.9 Å². The maximum Gasteiger partial charge on any atom is 0.320 e. The third kappa shape index (κ3) is 3.40. The summed E-state index contributed by atoms with van der Waals surface area (Å²) in [4.78, 5) is 34.6. The Hall–Kier alpha value is -2.16. The van der Waals surface area contributed by atoms with Crippen molar-refractivity contribution in [1.82, 2.24) is 19.7 Å². The molecule has 1 aromatic rings. The predicted octanol–water partition coefficient (Wildman–Crippen LogP) is 0.467. The quantitative estimate of drug-likeness (QED) is 0.760. The number of carbonyl (C=O) groups is 2. The van der Waals surface area contributed by atoms with Gasteiger partial charge in [0.1, 0.15) is 5.69 Å². The van der Waals surface area contributed by atoms with E-state index in [0.29, 0.717) is 31.9 Å². The second kappa shape index (κ2) is 7.22. The molecule has 26 heavy (non-hydrogen) atoms.